The number of thioether (sulfide) groups is 1. The van der Waals surface area contributed by atoms with E-state index < -0.39 is 5.97 Å². The average Bonchev–Trinajstić information content (AvgIpc) is 3.30. The van der Waals surface area contributed by atoms with Gasteiger partial charge in [-0.25, -0.2) is 4.79 Å². The minimum Gasteiger partial charge on any atom is -0.452 e. The Hall–Kier alpha value is -3.10. The highest BCUT2D eigenvalue weighted by molar-refractivity contribution is 8.00. The molecular formula is C23H22N2O4S2. The number of carbonyl (C=O) groups is 3. The molecule has 0 spiro atoms. The van der Waals surface area contributed by atoms with Crippen LogP contribution in [0, 0.1) is 6.92 Å². The van der Waals surface area contributed by atoms with E-state index in [0.29, 0.717) is 17.0 Å². The monoisotopic (exact) mass is 454 g/mol. The molecule has 1 aromatic heterocycles. The molecule has 31 heavy (non-hydrogen) atoms. The van der Waals surface area contributed by atoms with Gasteiger partial charge in [0.25, 0.3) is 5.91 Å². The van der Waals surface area contributed by atoms with Crippen LogP contribution in [-0.4, -0.2) is 30.1 Å². The summed E-state index contributed by atoms with van der Waals surface area (Å²) in [5.41, 5.74) is 2.15. The molecule has 8 heteroatoms. The molecule has 0 saturated carbocycles. The van der Waals surface area contributed by atoms with Crippen LogP contribution >= 0.6 is 23.1 Å². The van der Waals surface area contributed by atoms with Gasteiger partial charge in [0.2, 0.25) is 5.91 Å². The molecule has 2 amide bonds. The Bertz CT molecular complexity index is 1030. The molecule has 0 unspecified atom stereocenters. The van der Waals surface area contributed by atoms with Gasteiger partial charge < -0.3 is 15.4 Å². The Kier molecular flexibility index (Phi) is 8.26. The zero-order chi connectivity index (χ0) is 22.1. The third kappa shape index (κ3) is 7.27. The van der Waals surface area contributed by atoms with Crippen LogP contribution in [0.25, 0.3) is 0 Å². The summed E-state index contributed by atoms with van der Waals surface area (Å²) in [4.78, 5) is 38.3. The molecule has 0 radical (unpaired) electrons. The summed E-state index contributed by atoms with van der Waals surface area (Å²) in [7, 11) is 0. The number of amides is 2. The topological polar surface area (TPSA) is 84.5 Å². The maximum absolute atomic E-state index is 12.5. The van der Waals surface area contributed by atoms with Gasteiger partial charge in [-0.05, 0) is 42.6 Å². The van der Waals surface area contributed by atoms with Crippen LogP contribution in [0.1, 0.15) is 20.8 Å². The van der Waals surface area contributed by atoms with Gasteiger partial charge in [-0.1, -0.05) is 35.9 Å². The third-order valence-electron chi connectivity index (χ3n) is 4.18. The van der Waals surface area contributed by atoms with Crippen molar-refractivity contribution in [2.45, 2.75) is 18.4 Å². The molecule has 0 fully saturated rings. The molecular weight excluding hydrogens is 432 g/mol. The van der Waals surface area contributed by atoms with Gasteiger partial charge in [-0.2, -0.15) is 0 Å². The van der Waals surface area contributed by atoms with E-state index in [9.17, 15) is 14.4 Å². The van der Waals surface area contributed by atoms with Crippen molar-refractivity contribution in [3.05, 3.63) is 82.0 Å². The number of aryl methyl sites for hydroxylation is 1. The van der Waals surface area contributed by atoms with Crippen molar-refractivity contribution >= 4 is 46.6 Å². The molecule has 6 nitrogen and oxygen atoms in total. The normalized spacial score (nSPS) is 10.4. The summed E-state index contributed by atoms with van der Waals surface area (Å²) < 4.78 is 5.15. The maximum atomic E-state index is 12.5. The van der Waals surface area contributed by atoms with E-state index in [-0.39, 0.29) is 24.2 Å². The first-order chi connectivity index (χ1) is 15.0. The summed E-state index contributed by atoms with van der Waals surface area (Å²) in [5.74, 6) is -1.01. The van der Waals surface area contributed by atoms with Crippen molar-refractivity contribution in [3.8, 4) is 0 Å². The molecule has 0 aliphatic carbocycles. The number of hydrogen-bond donors (Lipinski definition) is 2. The van der Waals surface area contributed by atoms with Gasteiger partial charge >= 0.3 is 5.97 Å². The largest absolute Gasteiger partial charge is 0.452 e. The number of hydrogen-bond acceptors (Lipinski definition) is 6. The number of anilines is 1. The Morgan fingerprint density at radius 2 is 1.74 bits per heavy atom. The quantitative estimate of drug-likeness (QED) is 0.373. The zero-order valence-electron chi connectivity index (χ0n) is 16.9. The second-order valence-electron chi connectivity index (χ2n) is 6.63. The second-order valence-corrected chi connectivity index (χ2v) is 8.68. The molecule has 0 saturated heterocycles. The van der Waals surface area contributed by atoms with Crippen LogP contribution < -0.4 is 10.6 Å². The lowest BCUT2D eigenvalue weighted by Crippen LogP contribution is -2.28. The highest BCUT2D eigenvalue weighted by atomic mass is 32.2. The third-order valence-corrected chi connectivity index (χ3v) is 6.13. The fourth-order valence-electron chi connectivity index (χ4n) is 2.60. The van der Waals surface area contributed by atoms with Crippen molar-refractivity contribution < 1.29 is 19.1 Å². The first kappa shape index (κ1) is 22.6. The molecule has 0 aliphatic heterocycles. The van der Waals surface area contributed by atoms with Gasteiger partial charge in [-0.3, -0.25) is 9.59 Å². The fraction of sp³-hybridized carbons (Fsp3) is 0.174. The molecule has 160 valence electrons. The predicted octanol–water partition coefficient (Wildman–Crippen LogP) is 4.26. The van der Waals surface area contributed by atoms with E-state index in [1.807, 2.05) is 48.7 Å². The molecule has 0 aliphatic rings. The van der Waals surface area contributed by atoms with Crippen molar-refractivity contribution in [3.63, 3.8) is 0 Å². The Labute approximate surface area is 189 Å². The van der Waals surface area contributed by atoms with Crippen molar-refractivity contribution in [2.24, 2.45) is 0 Å². The smallest absolute Gasteiger partial charge is 0.339 e. The number of benzene rings is 2. The minimum atomic E-state index is -0.603. The number of nitrogens with one attached hydrogen (secondary N) is 2. The van der Waals surface area contributed by atoms with Crippen LogP contribution in [0.2, 0.25) is 0 Å². The Morgan fingerprint density at radius 1 is 0.968 bits per heavy atom. The van der Waals surface area contributed by atoms with Gasteiger partial charge in [0, 0.05) is 15.5 Å². The van der Waals surface area contributed by atoms with Crippen molar-refractivity contribution in [2.75, 3.05) is 17.7 Å². The van der Waals surface area contributed by atoms with E-state index in [2.05, 4.69) is 10.6 Å². The van der Waals surface area contributed by atoms with Crippen LogP contribution in [0.3, 0.4) is 0 Å². The van der Waals surface area contributed by atoms with E-state index in [4.69, 9.17) is 4.74 Å². The first-order valence-electron chi connectivity index (χ1n) is 9.56. The molecule has 2 N–H and O–H groups in total. The molecule has 2 aromatic carbocycles. The average molecular weight is 455 g/mol. The number of rotatable bonds is 9. The zero-order valence-corrected chi connectivity index (χ0v) is 18.6. The molecule has 3 rings (SSSR count). The highest BCUT2D eigenvalue weighted by Crippen LogP contribution is 2.23. The standard InChI is InChI=1S/C23H22N2O4S2/c1-16-8-10-17(11-9-16)25-22(27)15-31-20-7-3-2-6-19(20)23(28)29-14-21(26)24-13-18-5-4-12-30-18/h2-12H,13-15H2,1H3,(H,24,26)(H,25,27). The maximum Gasteiger partial charge on any atom is 0.339 e. The first-order valence-corrected chi connectivity index (χ1v) is 11.4. The lowest BCUT2D eigenvalue weighted by Gasteiger charge is -2.10. The lowest BCUT2D eigenvalue weighted by atomic mass is 10.2. The summed E-state index contributed by atoms with van der Waals surface area (Å²) in [6.45, 7) is 2.01. The Balaban J connectivity index is 1.49. The van der Waals surface area contributed by atoms with E-state index in [0.717, 1.165) is 16.1 Å². The second kappa shape index (κ2) is 11.3. The Morgan fingerprint density at radius 3 is 2.48 bits per heavy atom. The van der Waals surface area contributed by atoms with Gasteiger partial charge in [-0.15, -0.1) is 23.1 Å². The van der Waals surface area contributed by atoms with Gasteiger partial charge in [0.15, 0.2) is 6.61 Å². The summed E-state index contributed by atoms with van der Waals surface area (Å²) in [6.07, 6.45) is 0. The predicted molar refractivity (Wildman–Crippen MR) is 123 cm³/mol. The molecule has 1 heterocycles. The highest BCUT2D eigenvalue weighted by Gasteiger charge is 2.15. The van der Waals surface area contributed by atoms with Crippen LogP contribution in [0.4, 0.5) is 5.69 Å². The molecule has 0 bridgehead atoms. The lowest BCUT2D eigenvalue weighted by molar-refractivity contribution is -0.124. The van der Waals surface area contributed by atoms with E-state index in [1.54, 1.807) is 24.3 Å². The number of thiophene rings is 1. The number of carbonyl (C=O) groups excluding carboxylic acids is 3. The summed E-state index contributed by atoms with van der Waals surface area (Å²) in [6, 6.07) is 18.2. The van der Waals surface area contributed by atoms with Crippen molar-refractivity contribution in [1.82, 2.24) is 5.32 Å². The molecule has 0 atom stereocenters. The van der Waals surface area contributed by atoms with Gasteiger partial charge in [0.05, 0.1) is 17.9 Å². The minimum absolute atomic E-state index is 0.138. The van der Waals surface area contributed by atoms with Crippen molar-refractivity contribution in [1.29, 1.82) is 0 Å². The van der Waals surface area contributed by atoms with Crippen LogP contribution in [0.15, 0.2) is 70.9 Å². The van der Waals surface area contributed by atoms with Gasteiger partial charge in [0.1, 0.15) is 0 Å². The van der Waals surface area contributed by atoms with E-state index in [1.165, 1.54) is 23.1 Å². The van der Waals surface area contributed by atoms with Crippen LogP contribution in [0.5, 0.6) is 0 Å². The van der Waals surface area contributed by atoms with E-state index >= 15 is 0 Å². The number of esters is 1. The SMILES string of the molecule is Cc1ccc(NC(=O)CSc2ccccc2C(=O)OCC(=O)NCc2cccs2)cc1. The summed E-state index contributed by atoms with van der Waals surface area (Å²) in [5, 5.41) is 7.46. The van der Waals surface area contributed by atoms with Crippen LogP contribution in [-0.2, 0) is 20.9 Å². The molecule has 3 aromatic rings. The summed E-state index contributed by atoms with van der Waals surface area (Å²) >= 11 is 2.78. The number of ether oxygens (including phenoxy) is 1. The fourth-order valence-corrected chi connectivity index (χ4v) is 4.08.